The van der Waals surface area contributed by atoms with E-state index in [1.807, 2.05) is 0 Å². The molecule has 0 aliphatic heterocycles. The minimum absolute atomic E-state index is 0.0755. The second-order valence-corrected chi connectivity index (χ2v) is 6.13. The minimum Gasteiger partial charge on any atom is -0.462 e. The average Bonchev–Trinajstić information content (AvgIpc) is 2.64. The number of hydrogen-bond acceptors (Lipinski definition) is 3. The Morgan fingerprint density at radius 2 is 2.00 bits per heavy atom. The maximum absolute atomic E-state index is 11.9. The molecule has 2 fully saturated rings. The third kappa shape index (κ3) is 3.70. The zero-order valence-electron chi connectivity index (χ0n) is 10.9. The van der Waals surface area contributed by atoms with Crippen molar-refractivity contribution in [3.8, 4) is 0 Å². The summed E-state index contributed by atoms with van der Waals surface area (Å²) in [6, 6.07) is 0. The first-order chi connectivity index (χ1) is 8.07. The van der Waals surface area contributed by atoms with Gasteiger partial charge in [0.25, 0.3) is 0 Å². The van der Waals surface area contributed by atoms with E-state index in [0.717, 1.165) is 38.5 Å². The minimum atomic E-state index is -0.267. The Balaban J connectivity index is 1.76. The lowest BCUT2D eigenvalue weighted by atomic mass is 9.88. The lowest BCUT2D eigenvalue weighted by Gasteiger charge is -2.28. The zero-order chi connectivity index (χ0) is 12.3. The van der Waals surface area contributed by atoms with Crippen LogP contribution in [-0.4, -0.2) is 17.6 Å². The Hall–Kier alpha value is -0.570. The summed E-state index contributed by atoms with van der Waals surface area (Å²) in [5, 5.41) is 0. The first kappa shape index (κ1) is 12.9. The number of carbonyl (C=O) groups excluding carboxylic acids is 1. The van der Waals surface area contributed by atoms with Gasteiger partial charge in [-0.1, -0.05) is 26.2 Å². The third-order valence-electron chi connectivity index (χ3n) is 4.28. The van der Waals surface area contributed by atoms with Crippen molar-refractivity contribution in [2.45, 2.75) is 76.4 Å². The van der Waals surface area contributed by atoms with Crippen LogP contribution in [-0.2, 0) is 9.53 Å². The van der Waals surface area contributed by atoms with Crippen LogP contribution >= 0.6 is 0 Å². The number of hydrogen-bond donors (Lipinski definition) is 1. The van der Waals surface area contributed by atoms with E-state index in [2.05, 4.69) is 6.92 Å². The molecular weight excluding hydrogens is 214 g/mol. The maximum Gasteiger partial charge on any atom is 0.307 e. The lowest BCUT2D eigenvalue weighted by molar-refractivity contribution is -0.152. The fourth-order valence-electron chi connectivity index (χ4n) is 3.26. The molecule has 3 heteroatoms. The van der Waals surface area contributed by atoms with Crippen LogP contribution < -0.4 is 5.73 Å². The summed E-state index contributed by atoms with van der Waals surface area (Å²) >= 11 is 0. The number of esters is 1. The molecule has 0 spiro atoms. The normalized spacial score (nSPS) is 32.4. The van der Waals surface area contributed by atoms with Crippen molar-refractivity contribution in [3.05, 3.63) is 0 Å². The van der Waals surface area contributed by atoms with Crippen molar-refractivity contribution in [1.29, 1.82) is 0 Å². The molecule has 3 nitrogen and oxygen atoms in total. The molecule has 0 bridgehead atoms. The number of rotatable bonds is 3. The summed E-state index contributed by atoms with van der Waals surface area (Å²) in [6.45, 7) is 2.24. The van der Waals surface area contributed by atoms with Crippen molar-refractivity contribution >= 4 is 5.97 Å². The van der Waals surface area contributed by atoms with E-state index in [9.17, 15) is 4.79 Å². The Labute approximate surface area is 104 Å². The summed E-state index contributed by atoms with van der Waals surface area (Å²) in [5.74, 6) is 0.619. The predicted octanol–water partition coefficient (Wildman–Crippen LogP) is 2.77. The van der Waals surface area contributed by atoms with Crippen molar-refractivity contribution < 1.29 is 9.53 Å². The third-order valence-corrected chi connectivity index (χ3v) is 4.28. The molecule has 0 amide bonds. The number of carbonyl (C=O) groups is 1. The van der Waals surface area contributed by atoms with Gasteiger partial charge in [0.15, 0.2) is 0 Å². The molecule has 2 saturated carbocycles. The molecule has 2 aliphatic carbocycles. The van der Waals surface area contributed by atoms with Gasteiger partial charge in [0.2, 0.25) is 0 Å². The molecule has 2 rings (SSSR count). The monoisotopic (exact) mass is 239 g/mol. The van der Waals surface area contributed by atoms with Crippen LogP contribution in [0.2, 0.25) is 0 Å². The highest BCUT2D eigenvalue weighted by molar-refractivity contribution is 5.71. The molecule has 98 valence electrons. The zero-order valence-corrected chi connectivity index (χ0v) is 10.9. The summed E-state index contributed by atoms with van der Waals surface area (Å²) in [5.41, 5.74) is 5.93. The molecule has 17 heavy (non-hydrogen) atoms. The fourth-order valence-corrected chi connectivity index (χ4v) is 3.26. The largest absolute Gasteiger partial charge is 0.462 e. The van der Waals surface area contributed by atoms with Crippen LogP contribution in [0.25, 0.3) is 0 Å². The van der Waals surface area contributed by atoms with Crippen molar-refractivity contribution in [2.75, 3.05) is 0 Å². The Morgan fingerprint density at radius 1 is 1.29 bits per heavy atom. The van der Waals surface area contributed by atoms with E-state index in [1.165, 1.54) is 12.8 Å². The maximum atomic E-state index is 11.9. The van der Waals surface area contributed by atoms with Crippen LogP contribution in [0.15, 0.2) is 0 Å². The molecule has 0 aromatic heterocycles. The molecule has 2 unspecified atom stereocenters. The van der Waals surface area contributed by atoms with Gasteiger partial charge in [-0.25, -0.2) is 0 Å². The summed E-state index contributed by atoms with van der Waals surface area (Å²) in [7, 11) is 0. The van der Waals surface area contributed by atoms with Gasteiger partial charge in [0, 0.05) is 5.54 Å². The first-order valence-corrected chi connectivity index (χ1v) is 7.06. The van der Waals surface area contributed by atoms with Crippen molar-refractivity contribution in [1.82, 2.24) is 0 Å². The van der Waals surface area contributed by atoms with Crippen LogP contribution in [0.3, 0.4) is 0 Å². The SMILES string of the molecule is CC1CCCC(OC(=O)CC2(N)CCCC2)C1. The Kier molecular flexibility index (Phi) is 4.08. The summed E-state index contributed by atoms with van der Waals surface area (Å²) in [4.78, 5) is 11.9. The highest BCUT2D eigenvalue weighted by Gasteiger charge is 2.33. The van der Waals surface area contributed by atoms with Crippen LogP contribution in [0.4, 0.5) is 0 Å². The molecule has 0 radical (unpaired) electrons. The van der Waals surface area contributed by atoms with Crippen LogP contribution in [0.5, 0.6) is 0 Å². The topological polar surface area (TPSA) is 52.3 Å². The van der Waals surface area contributed by atoms with Gasteiger partial charge in [0.05, 0.1) is 6.42 Å². The smallest absolute Gasteiger partial charge is 0.307 e. The van der Waals surface area contributed by atoms with Gasteiger partial charge in [-0.15, -0.1) is 0 Å². The molecular formula is C14H25NO2. The van der Waals surface area contributed by atoms with Gasteiger partial charge >= 0.3 is 5.97 Å². The Bertz CT molecular complexity index is 271. The van der Waals surface area contributed by atoms with Gasteiger partial charge in [-0.3, -0.25) is 4.79 Å². The standard InChI is InChI=1S/C14H25NO2/c1-11-5-4-6-12(9-11)17-13(16)10-14(15)7-2-3-8-14/h11-12H,2-10,15H2,1H3. The van der Waals surface area contributed by atoms with Gasteiger partial charge in [-0.05, 0) is 38.0 Å². The molecule has 2 aliphatic rings. The molecule has 2 N–H and O–H groups in total. The van der Waals surface area contributed by atoms with Gasteiger partial charge < -0.3 is 10.5 Å². The molecule has 0 aromatic rings. The highest BCUT2D eigenvalue weighted by atomic mass is 16.5. The summed E-state index contributed by atoms with van der Waals surface area (Å²) < 4.78 is 5.57. The van der Waals surface area contributed by atoms with E-state index >= 15 is 0 Å². The van der Waals surface area contributed by atoms with Crippen molar-refractivity contribution in [3.63, 3.8) is 0 Å². The van der Waals surface area contributed by atoms with E-state index < -0.39 is 0 Å². The van der Waals surface area contributed by atoms with E-state index in [0.29, 0.717) is 12.3 Å². The second-order valence-electron chi connectivity index (χ2n) is 6.13. The van der Waals surface area contributed by atoms with E-state index in [-0.39, 0.29) is 17.6 Å². The van der Waals surface area contributed by atoms with Crippen molar-refractivity contribution in [2.24, 2.45) is 11.7 Å². The average molecular weight is 239 g/mol. The molecule has 0 saturated heterocycles. The molecule has 0 aromatic carbocycles. The van der Waals surface area contributed by atoms with E-state index in [1.54, 1.807) is 0 Å². The number of ether oxygens (including phenoxy) is 1. The first-order valence-electron chi connectivity index (χ1n) is 7.06. The fraction of sp³-hybridized carbons (Fsp3) is 0.929. The van der Waals surface area contributed by atoms with E-state index in [4.69, 9.17) is 10.5 Å². The van der Waals surface area contributed by atoms with Gasteiger partial charge in [0.1, 0.15) is 6.10 Å². The number of nitrogens with two attached hydrogens (primary N) is 1. The summed E-state index contributed by atoms with van der Waals surface area (Å²) in [6.07, 6.45) is 9.36. The second kappa shape index (κ2) is 5.38. The molecule has 0 heterocycles. The lowest BCUT2D eigenvalue weighted by Crippen LogP contribution is -2.40. The van der Waals surface area contributed by atoms with Crippen LogP contribution in [0.1, 0.15) is 64.7 Å². The predicted molar refractivity (Wildman–Crippen MR) is 67.5 cm³/mol. The van der Waals surface area contributed by atoms with Crippen LogP contribution in [0, 0.1) is 5.92 Å². The quantitative estimate of drug-likeness (QED) is 0.770. The molecule has 2 atom stereocenters. The highest BCUT2D eigenvalue weighted by Crippen LogP contribution is 2.31. The Morgan fingerprint density at radius 3 is 2.65 bits per heavy atom. The van der Waals surface area contributed by atoms with Gasteiger partial charge in [-0.2, -0.15) is 0 Å².